The van der Waals surface area contributed by atoms with Crippen molar-refractivity contribution in [3.8, 4) is 5.75 Å². The van der Waals surface area contributed by atoms with Crippen molar-refractivity contribution in [3.05, 3.63) is 29.8 Å². The van der Waals surface area contributed by atoms with Gasteiger partial charge in [0.2, 0.25) is 23.6 Å². The van der Waals surface area contributed by atoms with Crippen LogP contribution >= 0.6 is 0 Å². The first kappa shape index (κ1) is 33.9. The summed E-state index contributed by atoms with van der Waals surface area (Å²) in [6.07, 6.45) is 4.88. The predicted octanol–water partition coefficient (Wildman–Crippen LogP) is 2.80. The monoisotopic (exact) mass is 600 g/mol. The van der Waals surface area contributed by atoms with Gasteiger partial charge in [-0.1, -0.05) is 46.2 Å². The second-order valence-corrected chi connectivity index (χ2v) is 12.2. The fourth-order valence-corrected chi connectivity index (χ4v) is 5.57. The Morgan fingerprint density at radius 1 is 1.05 bits per heavy atom. The van der Waals surface area contributed by atoms with Crippen LogP contribution in [0.15, 0.2) is 24.3 Å². The van der Waals surface area contributed by atoms with Crippen LogP contribution in [0.4, 0.5) is 0 Å². The lowest BCUT2D eigenvalue weighted by molar-refractivity contribution is -0.143. The van der Waals surface area contributed by atoms with Gasteiger partial charge in [0, 0.05) is 19.4 Å². The van der Waals surface area contributed by atoms with Crippen molar-refractivity contribution >= 4 is 29.6 Å². The van der Waals surface area contributed by atoms with E-state index in [2.05, 4.69) is 16.0 Å². The summed E-state index contributed by atoms with van der Waals surface area (Å²) in [5.41, 5.74) is 0.781. The van der Waals surface area contributed by atoms with E-state index < -0.39 is 47.9 Å². The normalized spacial score (nSPS) is 22.0. The highest BCUT2D eigenvalue weighted by Crippen LogP contribution is 2.21. The molecule has 4 amide bonds. The summed E-state index contributed by atoms with van der Waals surface area (Å²) in [6, 6.07) is 3.54. The van der Waals surface area contributed by atoms with Crippen molar-refractivity contribution in [2.45, 2.75) is 110 Å². The van der Waals surface area contributed by atoms with E-state index in [-0.39, 0.29) is 30.6 Å². The number of nitrogens with zero attached hydrogens (tertiary/aromatic N) is 1. The molecule has 1 aromatic rings. The number of carboxylic acid groups (broad SMARTS) is 1. The summed E-state index contributed by atoms with van der Waals surface area (Å²) in [5.74, 6) is -2.32. The van der Waals surface area contributed by atoms with Gasteiger partial charge in [0.05, 0.1) is 6.61 Å². The lowest BCUT2D eigenvalue weighted by atomic mass is 9.96. The van der Waals surface area contributed by atoms with Crippen molar-refractivity contribution in [1.29, 1.82) is 0 Å². The topological polar surface area (TPSA) is 154 Å². The highest BCUT2D eigenvalue weighted by molar-refractivity contribution is 5.95. The third-order valence-corrected chi connectivity index (χ3v) is 8.29. The average Bonchev–Trinajstić information content (AvgIpc) is 3.47. The van der Waals surface area contributed by atoms with Gasteiger partial charge in [-0.25, -0.2) is 4.79 Å². The van der Waals surface area contributed by atoms with Crippen molar-refractivity contribution in [2.24, 2.45) is 11.8 Å². The van der Waals surface area contributed by atoms with Crippen molar-refractivity contribution in [2.75, 3.05) is 13.2 Å². The minimum Gasteiger partial charge on any atom is -0.494 e. The Kier molecular flexibility index (Phi) is 12.8. The number of carbonyl (C=O) groups is 5. The number of carboxylic acids is 1. The van der Waals surface area contributed by atoms with Crippen LogP contribution in [0.3, 0.4) is 0 Å². The van der Waals surface area contributed by atoms with Crippen LogP contribution in [0.5, 0.6) is 5.75 Å². The van der Waals surface area contributed by atoms with Gasteiger partial charge in [-0.05, 0) is 68.1 Å². The number of benzene rings is 1. The molecule has 238 valence electrons. The molecule has 3 aliphatic heterocycles. The molecule has 1 saturated heterocycles. The largest absolute Gasteiger partial charge is 0.494 e. The lowest BCUT2D eigenvalue weighted by Gasteiger charge is -2.29. The molecule has 0 saturated carbocycles. The number of carbonyl (C=O) groups excluding carboxylic acids is 4. The Balaban J connectivity index is 1.86. The van der Waals surface area contributed by atoms with E-state index in [4.69, 9.17) is 4.74 Å². The molecule has 0 radical (unpaired) electrons. The Labute approximate surface area is 254 Å². The van der Waals surface area contributed by atoms with Crippen molar-refractivity contribution < 1.29 is 33.8 Å². The van der Waals surface area contributed by atoms with Crippen LogP contribution in [0.25, 0.3) is 0 Å². The fraction of sp³-hybridized carbons (Fsp3) is 0.656. The Bertz CT molecular complexity index is 1120. The molecular formula is C32H48N4O7. The van der Waals surface area contributed by atoms with Crippen LogP contribution in [0.2, 0.25) is 0 Å². The number of fused-ring (bicyclic) bond motifs is 11. The molecule has 5 atom stereocenters. The maximum atomic E-state index is 13.8. The second-order valence-electron chi connectivity index (χ2n) is 12.2. The quantitative estimate of drug-likeness (QED) is 0.340. The molecule has 0 unspecified atom stereocenters. The second kappa shape index (κ2) is 16.3. The van der Waals surface area contributed by atoms with Crippen LogP contribution in [-0.2, 0) is 30.4 Å². The molecule has 0 aliphatic carbocycles. The molecule has 11 heteroatoms. The van der Waals surface area contributed by atoms with Gasteiger partial charge in [-0.2, -0.15) is 0 Å². The molecule has 1 fully saturated rings. The molecule has 4 rings (SSSR count). The zero-order valence-electron chi connectivity index (χ0n) is 25.9. The first-order valence-corrected chi connectivity index (χ1v) is 15.6. The van der Waals surface area contributed by atoms with E-state index in [1.165, 1.54) is 0 Å². The summed E-state index contributed by atoms with van der Waals surface area (Å²) in [7, 11) is 0. The summed E-state index contributed by atoms with van der Waals surface area (Å²) in [5, 5.41) is 17.9. The number of hydrogen-bond acceptors (Lipinski definition) is 6. The molecule has 43 heavy (non-hydrogen) atoms. The summed E-state index contributed by atoms with van der Waals surface area (Å²) in [6.45, 7) is 8.46. The molecule has 2 bridgehead atoms. The van der Waals surface area contributed by atoms with E-state index >= 15 is 0 Å². The van der Waals surface area contributed by atoms with Gasteiger partial charge >= 0.3 is 5.97 Å². The average molecular weight is 601 g/mol. The van der Waals surface area contributed by atoms with Crippen LogP contribution < -0.4 is 20.7 Å². The third kappa shape index (κ3) is 9.96. The van der Waals surface area contributed by atoms with Crippen LogP contribution in [-0.4, -0.2) is 76.9 Å². The van der Waals surface area contributed by atoms with E-state index in [0.717, 1.165) is 18.4 Å². The van der Waals surface area contributed by atoms with Gasteiger partial charge in [-0.15, -0.1) is 0 Å². The summed E-state index contributed by atoms with van der Waals surface area (Å²) >= 11 is 0. The number of rotatable bonds is 9. The molecule has 0 aromatic heterocycles. The molecule has 1 aromatic carbocycles. The minimum atomic E-state index is -1.14. The molecule has 4 N–H and O–H groups in total. The number of aliphatic carboxylic acids is 1. The number of nitrogens with one attached hydrogen (secondary N) is 3. The number of hydrogen-bond donors (Lipinski definition) is 4. The minimum absolute atomic E-state index is 0.0369. The van der Waals surface area contributed by atoms with Crippen molar-refractivity contribution in [1.82, 2.24) is 20.9 Å². The smallest absolute Gasteiger partial charge is 0.326 e. The fourth-order valence-electron chi connectivity index (χ4n) is 5.57. The van der Waals surface area contributed by atoms with Crippen LogP contribution in [0, 0.1) is 11.8 Å². The van der Waals surface area contributed by atoms with E-state index in [1.807, 2.05) is 52.0 Å². The Morgan fingerprint density at radius 2 is 1.77 bits per heavy atom. The standard InChI is InChI=1S/C32H48N4O7/c1-5-21(4)28(31(40)34-25(32(41)42)18-20(2)3)35-29(38)24-19-22-12-14-23(15-13-22)43-17-8-6-7-11-27(37)36-16-9-10-26(36)30(39)33-24/h12-15,20-21,24-26,28H,5-11,16-19H2,1-4H3,(H,33,39)(H,34,40)(H,35,38)(H,41,42)/t21-,24+,25+,26+,28-/m1/s1. The highest BCUT2D eigenvalue weighted by Gasteiger charge is 2.37. The molecule has 0 spiro atoms. The van der Waals surface area contributed by atoms with Crippen LogP contribution in [0.1, 0.15) is 84.6 Å². The SMILES string of the molecule is CC[C@@H](C)[C@@H](NC(=O)[C@@H]1Cc2ccc(cc2)OCCCCCC(=O)N2CCC[C@H]2C(=O)N1)C(=O)N[C@@H](CC(C)C)C(=O)O. The van der Waals surface area contributed by atoms with E-state index in [0.29, 0.717) is 51.0 Å². The number of ether oxygens (including phenoxy) is 1. The predicted molar refractivity (Wildman–Crippen MR) is 161 cm³/mol. The molecule has 11 nitrogen and oxygen atoms in total. The van der Waals surface area contributed by atoms with Gasteiger partial charge in [0.15, 0.2) is 0 Å². The molecule has 3 aliphatic rings. The first-order chi connectivity index (χ1) is 20.5. The van der Waals surface area contributed by atoms with Crippen molar-refractivity contribution in [3.63, 3.8) is 0 Å². The van der Waals surface area contributed by atoms with Gasteiger partial charge in [0.1, 0.15) is 29.9 Å². The molecule has 3 heterocycles. The Hall–Kier alpha value is -3.63. The number of amides is 4. The maximum absolute atomic E-state index is 13.8. The third-order valence-electron chi connectivity index (χ3n) is 8.29. The van der Waals surface area contributed by atoms with Gasteiger partial charge in [0.25, 0.3) is 0 Å². The summed E-state index contributed by atoms with van der Waals surface area (Å²) in [4.78, 5) is 67.1. The maximum Gasteiger partial charge on any atom is 0.326 e. The van der Waals surface area contributed by atoms with Gasteiger partial charge in [-0.3, -0.25) is 19.2 Å². The first-order valence-electron chi connectivity index (χ1n) is 15.6. The highest BCUT2D eigenvalue weighted by atomic mass is 16.5. The zero-order valence-corrected chi connectivity index (χ0v) is 25.9. The van der Waals surface area contributed by atoms with E-state index in [9.17, 15) is 29.1 Å². The lowest BCUT2D eigenvalue weighted by Crippen LogP contribution is -2.59. The summed E-state index contributed by atoms with van der Waals surface area (Å²) < 4.78 is 5.83. The zero-order chi connectivity index (χ0) is 31.5. The Morgan fingerprint density at radius 3 is 2.42 bits per heavy atom. The molecular weight excluding hydrogens is 552 g/mol. The van der Waals surface area contributed by atoms with Gasteiger partial charge < -0.3 is 30.7 Å². The van der Waals surface area contributed by atoms with E-state index in [1.54, 1.807) is 4.90 Å².